The Morgan fingerprint density at radius 1 is 1.60 bits per heavy atom. The van der Waals surface area contributed by atoms with Gasteiger partial charge in [-0.25, -0.2) is 4.68 Å². The van der Waals surface area contributed by atoms with E-state index in [-0.39, 0.29) is 12.1 Å². The molecule has 2 heterocycles. The van der Waals surface area contributed by atoms with Gasteiger partial charge >= 0.3 is 5.97 Å². The third kappa shape index (κ3) is 3.37. The number of nitrogens with zero attached hydrogens (tertiary/aromatic N) is 3. The highest BCUT2D eigenvalue weighted by Gasteiger charge is 2.18. The van der Waals surface area contributed by atoms with Gasteiger partial charge in [0.1, 0.15) is 0 Å². The van der Waals surface area contributed by atoms with E-state index in [9.17, 15) is 9.59 Å². The van der Waals surface area contributed by atoms with Gasteiger partial charge in [0.2, 0.25) is 0 Å². The summed E-state index contributed by atoms with van der Waals surface area (Å²) in [5.74, 6) is -0.924. The Morgan fingerprint density at radius 2 is 2.35 bits per heavy atom. The lowest BCUT2D eigenvalue weighted by molar-refractivity contribution is -0.141. The molecule has 6 heteroatoms. The zero-order valence-corrected chi connectivity index (χ0v) is 12.0. The standard InChI is InChI=1S/C14H21N3O3/c1-10-4-3-5-16(8-10)12-6-13(18)17(15-7-12)9-11(2)14(19)20/h6-7,10-11H,3-5,8-9H2,1-2H3,(H,19,20). The summed E-state index contributed by atoms with van der Waals surface area (Å²) in [5.41, 5.74) is 0.592. The first-order valence-electron chi connectivity index (χ1n) is 7.02. The molecule has 6 nitrogen and oxygen atoms in total. The van der Waals surface area contributed by atoms with Crippen molar-refractivity contribution in [2.24, 2.45) is 11.8 Å². The van der Waals surface area contributed by atoms with Crippen molar-refractivity contribution in [2.45, 2.75) is 33.2 Å². The van der Waals surface area contributed by atoms with Crippen molar-refractivity contribution < 1.29 is 9.90 Å². The van der Waals surface area contributed by atoms with Gasteiger partial charge in [-0.1, -0.05) is 13.8 Å². The van der Waals surface area contributed by atoms with Crippen molar-refractivity contribution >= 4 is 11.7 Å². The molecule has 1 fully saturated rings. The Kier molecular flexibility index (Phi) is 4.42. The van der Waals surface area contributed by atoms with E-state index in [1.165, 1.54) is 11.1 Å². The van der Waals surface area contributed by atoms with E-state index in [2.05, 4.69) is 16.9 Å². The van der Waals surface area contributed by atoms with Crippen LogP contribution in [0.2, 0.25) is 0 Å². The average molecular weight is 279 g/mol. The molecule has 1 aromatic heterocycles. The van der Waals surface area contributed by atoms with E-state index in [0.29, 0.717) is 5.92 Å². The minimum atomic E-state index is -0.923. The van der Waals surface area contributed by atoms with Crippen LogP contribution in [0.25, 0.3) is 0 Å². The normalized spacial score (nSPS) is 20.7. The van der Waals surface area contributed by atoms with Crippen LogP contribution in [0.5, 0.6) is 0 Å². The summed E-state index contributed by atoms with van der Waals surface area (Å²) in [7, 11) is 0. The summed E-state index contributed by atoms with van der Waals surface area (Å²) >= 11 is 0. The molecule has 0 amide bonds. The van der Waals surface area contributed by atoms with E-state index >= 15 is 0 Å². The number of aromatic nitrogens is 2. The molecule has 0 bridgehead atoms. The highest BCUT2D eigenvalue weighted by atomic mass is 16.4. The summed E-state index contributed by atoms with van der Waals surface area (Å²) in [6, 6.07) is 1.56. The number of anilines is 1. The molecule has 2 atom stereocenters. The van der Waals surface area contributed by atoms with Crippen LogP contribution in [0, 0.1) is 11.8 Å². The number of carboxylic acids is 1. The van der Waals surface area contributed by atoms with Crippen LogP contribution < -0.4 is 10.5 Å². The monoisotopic (exact) mass is 279 g/mol. The lowest BCUT2D eigenvalue weighted by atomic mass is 10.00. The highest BCUT2D eigenvalue weighted by molar-refractivity contribution is 5.69. The summed E-state index contributed by atoms with van der Waals surface area (Å²) in [4.78, 5) is 25.0. The zero-order chi connectivity index (χ0) is 14.7. The molecule has 1 N–H and O–H groups in total. The molecule has 0 aliphatic carbocycles. The quantitative estimate of drug-likeness (QED) is 0.896. The fourth-order valence-corrected chi connectivity index (χ4v) is 2.50. The average Bonchev–Trinajstić information content (AvgIpc) is 2.40. The van der Waals surface area contributed by atoms with E-state index in [1.54, 1.807) is 19.2 Å². The van der Waals surface area contributed by atoms with Crippen molar-refractivity contribution in [3.05, 3.63) is 22.6 Å². The smallest absolute Gasteiger partial charge is 0.308 e. The van der Waals surface area contributed by atoms with Crippen LogP contribution in [-0.2, 0) is 11.3 Å². The predicted molar refractivity (Wildman–Crippen MR) is 75.9 cm³/mol. The summed E-state index contributed by atoms with van der Waals surface area (Å²) in [6.07, 6.45) is 4.01. The molecule has 1 aliphatic heterocycles. The predicted octanol–water partition coefficient (Wildman–Crippen LogP) is 1.20. The van der Waals surface area contributed by atoms with Crippen molar-refractivity contribution in [1.82, 2.24) is 9.78 Å². The molecule has 1 saturated heterocycles. The summed E-state index contributed by atoms with van der Waals surface area (Å²) in [6.45, 7) is 5.76. The maximum Gasteiger partial charge on any atom is 0.308 e. The lowest BCUT2D eigenvalue weighted by Gasteiger charge is -2.32. The number of hydrogen-bond donors (Lipinski definition) is 1. The Morgan fingerprint density at radius 3 is 2.95 bits per heavy atom. The van der Waals surface area contributed by atoms with Gasteiger partial charge < -0.3 is 10.0 Å². The number of carbonyl (C=O) groups is 1. The first-order chi connectivity index (χ1) is 9.47. The SMILES string of the molecule is CC1CCCN(c2cnn(CC(C)C(=O)O)c(=O)c2)C1. The fraction of sp³-hybridized carbons (Fsp3) is 0.643. The van der Waals surface area contributed by atoms with Crippen LogP contribution in [0.4, 0.5) is 5.69 Å². The molecule has 2 rings (SSSR count). The first kappa shape index (κ1) is 14.6. The summed E-state index contributed by atoms with van der Waals surface area (Å²) < 4.78 is 1.22. The van der Waals surface area contributed by atoms with Crippen molar-refractivity contribution in [2.75, 3.05) is 18.0 Å². The maximum absolute atomic E-state index is 12.0. The van der Waals surface area contributed by atoms with E-state index in [0.717, 1.165) is 25.2 Å². The Labute approximate surface area is 118 Å². The van der Waals surface area contributed by atoms with Crippen LogP contribution in [0.1, 0.15) is 26.7 Å². The van der Waals surface area contributed by atoms with Gasteiger partial charge in [0, 0.05) is 19.2 Å². The highest BCUT2D eigenvalue weighted by Crippen LogP contribution is 2.20. The lowest BCUT2D eigenvalue weighted by Crippen LogP contribution is -2.36. The minimum Gasteiger partial charge on any atom is -0.481 e. The van der Waals surface area contributed by atoms with Crippen LogP contribution >= 0.6 is 0 Å². The molecule has 0 saturated carbocycles. The number of piperidine rings is 1. The van der Waals surface area contributed by atoms with Crippen LogP contribution in [0.15, 0.2) is 17.1 Å². The van der Waals surface area contributed by atoms with Gasteiger partial charge in [0.15, 0.2) is 0 Å². The number of aliphatic carboxylic acids is 1. The first-order valence-corrected chi connectivity index (χ1v) is 7.02. The maximum atomic E-state index is 12.0. The number of rotatable bonds is 4. The number of carboxylic acid groups (broad SMARTS) is 1. The van der Waals surface area contributed by atoms with Gasteiger partial charge in [-0.15, -0.1) is 0 Å². The Balaban J connectivity index is 2.13. The summed E-state index contributed by atoms with van der Waals surface area (Å²) in [5, 5.41) is 13.0. The Bertz CT molecular complexity index is 541. The molecular formula is C14H21N3O3. The van der Waals surface area contributed by atoms with E-state index in [4.69, 9.17) is 5.11 Å². The van der Waals surface area contributed by atoms with Crippen molar-refractivity contribution in [3.63, 3.8) is 0 Å². The second-order valence-electron chi connectivity index (χ2n) is 5.67. The van der Waals surface area contributed by atoms with Crippen molar-refractivity contribution in [3.8, 4) is 0 Å². The van der Waals surface area contributed by atoms with Crippen LogP contribution in [0.3, 0.4) is 0 Å². The minimum absolute atomic E-state index is 0.102. The molecule has 0 spiro atoms. The molecule has 0 aromatic carbocycles. The van der Waals surface area contributed by atoms with Gasteiger partial charge in [0.05, 0.1) is 24.3 Å². The third-order valence-electron chi connectivity index (χ3n) is 3.75. The topological polar surface area (TPSA) is 75.4 Å². The zero-order valence-electron chi connectivity index (χ0n) is 12.0. The van der Waals surface area contributed by atoms with Crippen molar-refractivity contribution in [1.29, 1.82) is 0 Å². The molecule has 110 valence electrons. The second-order valence-corrected chi connectivity index (χ2v) is 5.67. The number of hydrogen-bond acceptors (Lipinski definition) is 4. The van der Waals surface area contributed by atoms with Crippen LogP contribution in [-0.4, -0.2) is 33.9 Å². The van der Waals surface area contributed by atoms with Gasteiger partial charge in [-0.2, -0.15) is 5.10 Å². The van der Waals surface area contributed by atoms with Gasteiger partial charge in [0.25, 0.3) is 5.56 Å². The molecule has 1 aromatic rings. The molecule has 1 aliphatic rings. The second kappa shape index (κ2) is 6.07. The van der Waals surface area contributed by atoms with Gasteiger partial charge in [-0.05, 0) is 18.8 Å². The molecule has 20 heavy (non-hydrogen) atoms. The fourth-order valence-electron chi connectivity index (χ4n) is 2.50. The third-order valence-corrected chi connectivity index (χ3v) is 3.75. The largest absolute Gasteiger partial charge is 0.481 e. The molecule has 0 radical (unpaired) electrons. The van der Waals surface area contributed by atoms with E-state index < -0.39 is 11.9 Å². The molecule has 2 unspecified atom stereocenters. The Hall–Kier alpha value is -1.85. The molecular weight excluding hydrogens is 258 g/mol. The van der Waals surface area contributed by atoms with Gasteiger partial charge in [-0.3, -0.25) is 9.59 Å². The van der Waals surface area contributed by atoms with E-state index in [1.807, 2.05) is 0 Å².